The van der Waals surface area contributed by atoms with Crippen LogP contribution in [0.5, 0.6) is 0 Å². The Morgan fingerprint density at radius 3 is 2.12 bits per heavy atom. The van der Waals surface area contributed by atoms with Gasteiger partial charge in [-0.25, -0.2) is 8.42 Å². The van der Waals surface area contributed by atoms with Gasteiger partial charge in [-0.1, -0.05) is 26.0 Å². The molecule has 0 aromatic heterocycles. The van der Waals surface area contributed by atoms with Gasteiger partial charge in [-0.3, -0.25) is 9.59 Å². The summed E-state index contributed by atoms with van der Waals surface area (Å²) in [6, 6.07) is 10.7. The molecule has 178 valence electrons. The van der Waals surface area contributed by atoms with E-state index in [1.165, 1.54) is 9.21 Å². The standard InChI is InChI=1S/C23H30N4O5S/c1-18(2)19-5-7-21(8-6-19)33(30,31)27-15-9-20(10-16-27)23(29)32-17-22(28)26(13-3-11-24)14-4-12-25/h5-8,18,20H,3-4,9-10,13-17H2,1-2H3. The van der Waals surface area contributed by atoms with Gasteiger partial charge in [0.05, 0.1) is 35.8 Å². The lowest BCUT2D eigenvalue weighted by molar-refractivity contribution is -0.156. The molecule has 1 heterocycles. The van der Waals surface area contributed by atoms with Gasteiger partial charge in [0.2, 0.25) is 10.0 Å². The highest BCUT2D eigenvalue weighted by molar-refractivity contribution is 7.89. The van der Waals surface area contributed by atoms with Crippen LogP contribution in [0.15, 0.2) is 29.2 Å². The number of nitriles is 2. The highest BCUT2D eigenvalue weighted by Gasteiger charge is 2.33. The van der Waals surface area contributed by atoms with E-state index >= 15 is 0 Å². The fourth-order valence-electron chi connectivity index (χ4n) is 3.58. The lowest BCUT2D eigenvalue weighted by Gasteiger charge is -2.30. The van der Waals surface area contributed by atoms with Crippen LogP contribution in [0.3, 0.4) is 0 Å². The molecule has 1 aromatic carbocycles. The molecule has 0 spiro atoms. The monoisotopic (exact) mass is 474 g/mol. The van der Waals surface area contributed by atoms with Crippen molar-refractivity contribution in [2.24, 2.45) is 5.92 Å². The molecule has 1 aliphatic heterocycles. The maximum Gasteiger partial charge on any atom is 0.309 e. The summed E-state index contributed by atoms with van der Waals surface area (Å²) in [7, 11) is -3.64. The van der Waals surface area contributed by atoms with Crippen molar-refractivity contribution < 1.29 is 22.7 Å². The van der Waals surface area contributed by atoms with Crippen LogP contribution in [0, 0.1) is 28.6 Å². The maximum absolute atomic E-state index is 12.9. The number of esters is 1. The molecule has 1 saturated heterocycles. The molecule has 1 aromatic rings. The van der Waals surface area contributed by atoms with E-state index in [1.807, 2.05) is 38.1 Å². The van der Waals surface area contributed by atoms with Crippen LogP contribution in [-0.2, 0) is 24.3 Å². The van der Waals surface area contributed by atoms with Crippen LogP contribution >= 0.6 is 0 Å². The number of ether oxygens (including phenoxy) is 1. The number of amides is 1. The van der Waals surface area contributed by atoms with Crippen molar-refractivity contribution in [2.45, 2.75) is 50.3 Å². The molecule has 1 fully saturated rings. The van der Waals surface area contributed by atoms with Gasteiger partial charge in [-0.05, 0) is 36.5 Å². The van der Waals surface area contributed by atoms with Gasteiger partial charge in [0.15, 0.2) is 6.61 Å². The Hall–Kier alpha value is -2.95. The van der Waals surface area contributed by atoms with Crippen LogP contribution in [-0.4, -0.2) is 62.3 Å². The topological polar surface area (TPSA) is 132 Å². The van der Waals surface area contributed by atoms with Crippen LogP contribution < -0.4 is 0 Å². The van der Waals surface area contributed by atoms with Gasteiger partial charge in [0, 0.05) is 26.2 Å². The van der Waals surface area contributed by atoms with E-state index in [0.717, 1.165) is 5.56 Å². The molecule has 0 aliphatic carbocycles. The first-order valence-corrected chi connectivity index (χ1v) is 12.4. The summed E-state index contributed by atoms with van der Waals surface area (Å²) in [5.41, 5.74) is 1.06. The van der Waals surface area contributed by atoms with Crippen LogP contribution in [0.2, 0.25) is 0 Å². The van der Waals surface area contributed by atoms with Gasteiger partial charge >= 0.3 is 5.97 Å². The summed E-state index contributed by atoms with van der Waals surface area (Å²) < 4.78 is 32.4. The Kier molecular flexibility index (Phi) is 9.83. The molecule has 0 bridgehead atoms. The maximum atomic E-state index is 12.9. The van der Waals surface area contributed by atoms with E-state index in [0.29, 0.717) is 18.8 Å². The number of hydrogen-bond acceptors (Lipinski definition) is 7. The molecule has 0 unspecified atom stereocenters. The zero-order valence-electron chi connectivity index (χ0n) is 19.1. The molecule has 9 nitrogen and oxygen atoms in total. The lowest BCUT2D eigenvalue weighted by Crippen LogP contribution is -2.41. The van der Waals surface area contributed by atoms with Crippen molar-refractivity contribution >= 4 is 21.9 Å². The van der Waals surface area contributed by atoms with E-state index in [2.05, 4.69) is 0 Å². The number of carbonyl (C=O) groups is 2. The summed E-state index contributed by atoms with van der Waals surface area (Å²) in [5, 5.41) is 17.4. The van der Waals surface area contributed by atoms with E-state index in [-0.39, 0.29) is 43.9 Å². The number of nitrogens with zero attached hydrogens (tertiary/aromatic N) is 4. The van der Waals surface area contributed by atoms with Crippen LogP contribution in [0.1, 0.15) is 51.0 Å². The minimum absolute atomic E-state index is 0.123. The Morgan fingerprint density at radius 2 is 1.64 bits per heavy atom. The quantitative estimate of drug-likeness (QED) is 0.476. The number of sulfonamides is 1. The highest BCUT2D eigenvalue weighted by Crippen LogP contribution is 2.26. The third kappa shape index (κ3) is 7.28. The molecule has 0 saturated carbocycles. The second-order valence-electron chi connectivity index (χ2n) is 8.21. The highest BCUT2D eigenvalue weighted by atomic mass is 32.2. The van der Waals surface area contributed by atoms with Crippen molar-refractivity contribution in [3.05, 3.63) is 29.8 Å². The third-order valence-electron chi connectivity index (χ3n) is 5.65. The van der Waals surface area contributed by atoms with E-state index in [4.69, 9.17) is 15.3 Å². The van der Waals surface area contributed by atoms with Crippen molar-refractivity contribution in [1.82, 2.24) is 9.21 Å². The Labute approximate surface area is 195 Å². The first-order chi connectivity index (χ1) is 15.7. The first kappa shape index (κ1) is 26.3. The smallest absolute Gasteiger partial charge is 0.309 e. The molecule has 10 heteroatoms. The van der Waals surface area contributed by atoms with Crippen LogP contribution in [0.25, 0.3) is 0 Å². The summed E-state index contributed by atoms with van der Waals surface area (Å²) in [4.78, 5) is 26.3. The molecule has 2 rings (SSSR count). The van der Waals surface area contributed by atoms with Gasteiger partial charge in [-0.2, -0.15) is 14.8 Å². The fourth-order valence-corrected chi connectivity index (χ4v) is 5.05. The average molecular weight is 475 g/mol. The molecular formula is C23H30N4O5S. The normalized spacial score (nSPS) is 14.9. The molecule has 0 atom stereocenters. The zero-order valence-corrected chi connectivity index (χ0v) is 19.9. The molecule has 0 radical (unpaired) electrons. The van der Waals surface area contributed by atoms with Crippen LogP contribution in [0.4, 0.5) is 0 Å². The lowest BCUT2D eigenvalue weighted by atomic mass is 9.98. The van der Waals surface area contributed by atoms with E-state index in [1.54, 1.807) is 12.1 Å². The van der Waals surface area contributed by atoms with Crippen molar-refractivity contribution in [3.8, 4) is 12.1 Å². The predicted molar refractivity (Wildman–Crippen MR) is 120 cm³/mol. The number of rotatable bonds is 10. The number of hydrogen-bond donors (Lipinski definition) is 0. The van der Waals surface area contributed by atoms with Gasteiger partial charge in [-0.15, -0.1) is 0 Å². The van der Waals surface area contributed by atoms with Gasteiger partial charge in [0.1, 0.15) is 0 Å². The summed E-state index contributed by atoms with van der Waals surface area (Å²) in [6.45, 7) is 4.34. The molecule has 0 N–H and O–H groups in total. The average Bonchev–Trinajstić information content (AvgIpc) is 2.82. The largest absolute Gasteiger partial charge is 0.455 e. The molecule has 1 aliphatic rings. The summed E-state index contributed by atoms with van der Waals surface area (Å²) >= 11 is 0. The molecule has 33 heavy (non-hydrogen) atoms. The third-order valence-corrected chi connectivity index (χ3v) is 7.56. The van der Waals surface area contributed by atoms with Gasteiger partial charge < -0.3 is 9.64 Å². The minimum atomic E-state index is -3.64. The summed E-state index contributed by atoms with van der Waals surface area (Å²) in [5.74, 6) is -1.18. The predicted octanol–water partition coefficient (Wildman–Crippen LogP) is 2.41. The van der Waals surface area contributed by atoms with E-state index < -0.39 is 34.4 Å². The SMILES string of the molecule is CC(C)c1ccc(S(=O)(=O)N2CCC(C(=O)OCC(=O)N(CCC#N)CCC#N)CC2)cc1. The van der Waals surface area contributed by atoms with Crippen molar-refractivity contribution in [1.29, 1.82) is 10.5 Å². The Morgan fingerprint density at radius 1 is 1.09 bits per heavy atom. The second kappa shape index (κ2) is 12.3. The Balaban J connectivity index is 1.88. The molecular weight excluding hydrogens is 444 g/mol. The fraction of sp³-hybridized carbons (Fsp3) is 0.565. The number of carbonyl (C=O) groups excluding carboxylic acids is 2. The Bertz CT molecular complexity index is 983. The first-order valence-electron chi connectivity index (χ1n) is 11.0. The zero-order chi connectivity index (χ0) is 24.4. The number of piperidine rings is 1. The summed E-state index contributed by atoms with van der Waals surface area (Å²) in [6.07, 6.45) is 0.863. The van der Waals surface area contributed by atoms with Crippen molar-refractivity contribution in [2.75, 3.05) is 32.8 Å². The number of benzene rings is 1. The van der Waals surface area contributed by atoms with E-state index in [9.17, 15) is 18.0 Å². The van der Waals surface area contributed by atoms with Gasteiger partial charge in [0.25, 0.3) is 5.91 Å². The minimum Gasteiger partial charge on any atom is -0.455 e. The van der Waals surface area contributed by atoms with Crippen molar-refractivity contribution in [3.63, 3.8) is 0 Å². The second-order valence-corrected chi connectivity index (χ2v) is 10.1. The molecule has 1 amide bonds.